The third-order valence-corrected chi connectivity index (χ3v) is 4.51. The van der Waals surface area contributed by atoms with Crippen molar-refractivity contribution < 1.29 is 4.79 Å². The number of amides is 1. The van der Waals surface area contributed by atoms with Crippen LogP contribution < -0.4 is 10.6 Å². The highest BCUT2D eigenvalue weighted by molar-refractivity contribution is 5.85. The number of rotatable bonds is 4. The molecule has 0 aromatic rings. The van der Waals surface area contributed by atoms with Crippen LogP contribution in [0.3, 0.4) is 0 Å². The maximum atomic E-state index is 12.1. The zero-order chi connectivity index (χ0) is 12.3. The van der Waals surface area contributed by atoms with Gasteiger partial charge in [-0.2, -0.15) is 0 Å². The SMILES string of the molecule is CCC(CC)NC(=O)C1CC2CCCCC2N1.Cl. The van der Waals surface area contributed by atoms with Crippen LogP contribution in [0, 0.1) is 5.92 Å². The van der Waals surface area contributed by atoms with Crippen LogP contribution in [0.2, 0.25) is 0 Å². The molecule has 0 radical (unpaired) electrons. The van der Waals surface area contributed by atoms with Gasteiger partial charge in [0.15, 0.2) is 0 Å². The van der Waals surface area contributed by atoms with E-state index in [0.29, 0.717) is 12.1 Å². The Morgan fingerprint density at radius 3 is 2.56 bits per heavy atom. The fourth-order valence-corrected chi connectivity index (χ4v) is 3.32. The summed E-state index contributed by atoms with van der Waals surface area (Å²) in [6.07, 6.45) is 8.37. The Morgan fingerprint density at radius 1 is 1.28 bits per heavy atom. The fourth-order valence-electron chi connectivity index (χ4n) is 3.32. The van der Waals surface area contributed by atoms with Crippen LogP contribution in [0.15, 0.2) is 0 Å². The largest absolute Gasteiger partial charge is 0.352 e. The molecule has 3 atom stereocenters. The Hall–Kier alpha value is -0.280. The van der Waals surface area contributed by atoms with E-state index in [1.54, 1.807) is 0 Å². The van der Waals surface area contributed by atoms with E-state index in [4.69, 9.17) is 0 Å². The first-order valence-electron chi connectivity index (χ1n) is 7.31. The lowest BCUT2D eigenvalue weighted by molar-refractivity contribution is -0.123. The second-order valence-corrected chi connectivity index (χ2v) is 5.63. The third-order valence-electron chi connectivity index (χ3n) is 4.51. The molecule has 0 aromatic carbocycles. The van der Waals surface area contributed by atoms with Gasteiger partial charge in [-0.1, -0.05) is 26.7 Å². The molecule has 4 heteroatoms. The highest BCUT2D eigenvalue weighted by Gasteiger charge is 2.38. The van der Waals surface area contributed by atoms with E-state index in [2.05, 4.69) is 24.5 Å². The van der Waals surface area contributed by atoms with Crippen LogP contribution in [0.5, 0.6) is 0 Å². The van der Waals surface area contributed by atoms with E-state index < -0.39 is 0 Å². The average Bonchev–Trinajstić information content (AvgIpc) is 2.79. The van der Waals surface area contributed by atoms with Crippen LogP contribution in [-0.2, 0) is 4.79 Å². The zero-order valence-electron chi connectivity index (χ0n) is 11.6. The summed E-state index contributed by atoms with van der Waals surface area (Å²) in [4.78, 5) is 12.1. The lowest BCUT2D eigenvalue weighted by Gasteiger charge is -2.24. The minimum atomic E-state index is 0. The van der Waals surface area contributed by atoms with Crippen LogP contribution in [0.4, 0.5) is 0 Å². The monoisotopic (exact) mass is 274 g/mol. The summed E-state index contributed by atoms with van der Waals surface area (Å²) >= 11 is 0. The van der Waals surface area contributed by atoms with Crippen molar-refractivity contribution in [2.24, 2.45) is 5.92 Å². The van der Waals surface area contributed by atoms with E-state index in [-0.39, 0.29) is 24.4 Å². The first kappa shape index (κ1) is 15.8. The van der Waals surface area contributed by atoms with Crippen molar-refractivity contribution in [3.63, 3.8) is 0 Å². The molecule has 0 bridgehead atoms. The van der Waals surface area contributed by atoms with Gasteiger partial charge in [-0.05, 0) is 38.0 Å². The molecule has 18 heavy (non-hydrogen) atoms. The van der Waals surface area contributed by atoms with Gasteiger partial charge in [-0.3, -0.25) is 4.79 Å². The fraction of sp³-hybridized carbons (Fsp3) is 0.929. The van der Waals surface area contributed by atoms with Crippen molar-refractivity contribution in [2.75, 3.05) is 0 Å². The number of nitrogens with one attached hydrogen (secondary N) is 2. The number of hydrogen-bond acceptors (Lipinski definition) is 2. The van der Waals surface area contributed by atoms with Crippen molar-refractivity contribution in [1.82, 2.24) is 10.6 Å². The van der Waals surface area contributed by atoms with Gasteiger partial charge in [0.25, 0.3) is 0 Å². The number of hydrogen-bond donors (Lipinski definition) is 2. The maximum Gasteiger partial charge on any atom is 0.237 e. The van der Waals surface area contributed by atoms with E-state index >= 15 is 0 Å². The Morgan fingerprint density at radius 2 is 1.94 bits per heavy atom. The van der Waals surface area contributed by atoms with Crippen molar-refractivity contribution in [2.45, 2.75) is 76.9 Å². The number of carbonyl (C=O) groups is 1. The van der Waals surface area contributed by atoms with Crippen molar-refractivity contribution in [1.29, 1.82) is 0 Å². The minimum absolute atomic E-state index is 0. The normalized spacial score (nSPS) is 30.7. The highest BCUT2D eigenvalue weighted by atomic mass is 35.5. The Balaban J connectivity index is 0.00000162. The molecule has 106 valence electrons. The molecule has 1 saturated carbocycles. The molecule has 3 nitrogen and oxygen atoms in total. The second-order valence-electron chi connectivity index (χ2n) is 5.63. The highest BCUT2D eigenvalue weighted by Crippen LogP contribution is 2.33. The quantitative estimate of drug-likeness (QED) is 0.828. The third kappa shape index (κ3) is 3.61. The van der Waals surface area contributed by atoms with Crippen LogP contribution >= 0.6 is 12.4 Å². The van der Waals surface area contributed by atoms with E-state index in [1.165, 1.54) is 25.7 Å². The smallest absolute Gasteiger partial charge is 0.237 e. The number of fused-ring (bicyclic) bond motifs is 1. The van der Waals surface area contributed by atoms with E-state index in [0.717, 1.165) is 25.2 Å². The second kappa shape index (κ2) is 7.34. The van der Waals surface area contributed by atoms with Gasteiger partial charge in [-0.25, -0.2) is 0 Å². The van der Waals surface area contributed by atoms with Crippen LogP contribution in [0.25, 0.3) is 0 Å². The predicted octanol–water partition coefficient (Wildman–Crippen LogP) is 2.63. The first-order chi connectivity index (χ1) is 8.24. The maximum absolute atomic E-state index is 12.1. The molecule has 3 unspecified atom stereocenters. The molecule has 2 fully saturated rings. The van der Waals surface area contributed by atoms with Gasteiger partial charge < -0.3 is 10.6 Å². The van der Waals surface area contributed by atoms with Gasteiger partial charge in [0.05, 0.1) is 6.04 Å². The topological polar surface area (TPSA) is 41.1 Å². The molecule has 1 amide bonds. The Bertz CT molecular complexity index is 255. The summed E-state index contributed by atoms with van der Waals surface area (Å²) in [6, 6.07) is 1.04. The van der Waals surface area contributed by atoms with Crippen LogP contribution in [-0.4, -0.2) is 24.0 Å². The molecule has 2 N–H and O–H groups in total. The summed E-state index contributed by atoms with van der Waals surface area (Å²) in [6.45, 7) is 4.27. The molecular formula is C14H27ClN2O. The van der Waals surface area contributed by atoms with Gasteiger partial charge in [0.2, 0.25) is 5.91 Å². The molecule has 2 aliphatic rings. The Kier molecular flexibility index (Phi) is 6.44. The molecule has 0 aromatic heterocycles. The Labute approximate surface area is 117 Å². The van der Waals surface area contributed by atoms with Crippen molar-refractivity contribution >= 4 is 18.3 Å². The predicted molar refractivity (Wildman–Crippen MR) is 77.0 cm³/mol. The molecule has 2 rings (SSSR count). The first-order valence-corrected chi connectivity index (χ1v) is 7.31. The minimum Gasteiger partial charge on any atom is -0.352 e. The molecular weight excluding hydrogens is 248 g/mol. The number of carbonyl (C=O) groups excluding carboxylic acids is 1. The lowest BCUT2D eigenvalue weighted by Crippen LogP contribution is -2.46. The van der Waals surface area contributed by atoms with Gasteiger partial charge >= 0.3 is 0 Å². The summed E-state index contributed by atoms with van der Waals surface area (Å²) in [5.41, 5.74) is 0. The number of halogens is 1. The van der Waals surface area contributed by atoms with E-state index in [9.17, 15) is 4.79 Å². The van der Waals surface area contributed by atoms with Crippen molar-refractivity contribution in [3.05, 3.63) is 0 Å². The van der Waals surface area contributed by atoms with E-state index in [1.807, 2.05) is 0 Å². The summed E-state index contributed by atoms with van der Waals surface area (Å²) in [5, 5.41) is 6.70. The molecule has 0 spiro atoms. The summed E-state index contributed by atoms with van der Waals surface area (Å²) in [5.74, 6) is 0.981. The molecule has 1 heterocycles. The van der Waals surface area contributed by atoms with Crippen molar-refractivity contribution in [3.8, 4) is 0 Å². The summed E-state index contributed by atoms with van der Waals surface area (Å²) in [7, 11) is 0. The van der Waals surface area contributed by atoms with Gasteiger partial charge in [0, 0.05) is 12.1 Å². The lowest BCUT2D eigenvalue weighted by atomic mass is 9.85. The summed E-state index contributed by atoms with van der Waals surface area (Å²) < 4.78 is 0. The van der Waals surface area contributed by atoms with Crippen LogP contribution in [0.1, 0.15) is 58.8 Å². The van der Waals surface area contributed by atoms with Gasteiger partial charge in [-0.15, -0.1) is 12.4 Å². The standard InChI is InChI=1S/C14H26N2O.ClH/c1-3-11(4-2)15-14(17)13-9-10-7-5-6-8-12(10)16-13;/h10-13,16H,3-9H2,1-2H3,(H,15,17);1H. The average molecular weight is 275 g/mol. The molecule has 1 aliphatic heterocycles. The molecule has 1 saturated heterocycles. The zero-order valence-corrected chi connectivity index (χ0v) is 12.4. The van der Waals surface area contributed by atoms with Gasteiger partial charge in [0.1, 0.15) is 0 Å². The molecule has 1 aliphatic carbocycles.